The Hall–Kier alpha value is -2.65. The molecule has 1 heterocycles. The quantitative estimate of drug-likeness (QED) is 0.689. The van der Waals surface area contributed by atoms with Crippen LogP contribution in [0.2, 0.25) is 0 Å². The van der Waals surface area contributed by atoms with Crippen molar-refractivity contribution in [2.75, 3.05) is 33.6 Å². The van der Waals surface area contributed by atoms with E-state index in [4.69, 9.17) is 9.47 Å². The van der Waals surface area contributed by atoms with Crippen molar-refractivity contribution in [1.82, 2.24) is 14.6 Å². The van der Waals surface area contributed by atoms with Gasteiger partial charge in [-0.15, -0.1) is 0 Å². The third-order valence-electron chi connectivity index (χ3n) is 3.84. The van der Waals surface area contributed by atoms with Gasteiger partial charge < -0.3 is 14.8 Å². The van der Waals surface area contributed by atoms with Gasteiger partial charge in [0.15, 0.2) is 0 Å². The number of carbonyl (C=O) groups is 1. The normalized spacial score (nSPS) is 11.3. The molecular formula is C18H23N3O5S. The summed E-state index contributed by atoms with van der Waals surface area (Å²) in [6.07, 6.45) is 4.35. The van der Waals surface area contributed by atoms with Crippen molar-refractivity contribution in [3.05, 3.63) is 53.9 Å². The van der Waals surface area contributed by atoms with Crippen LogP contribution in [0.15, 0.2) is 42.7 Å². The molecular weight excluding hydrogens is 370 g/mol. The number of benzene rings is 1. The molecule has 1 aromatic heterocycles. The molecule has 0 aliphatic carbocycles. The van der Waals surface area contributed by atoms with Crippen molar-refractivity contribution in [3.63, 3.8) is 0 Å². The van der Waals surface area contributed by atoms with Gasteiger partial charge in [-0.25, -0.2) is 8.42 Å². The van der Waals surface area contributed by atoms with Gasteiger partial charge in [-0.3, -0.25) is 9.78 Å². The zero-order chi connectivity index (χ0) is 19.9. The van der Waals surface area contributed by atoms with Crippen molar-refractivity contribution in [2.24, 2.45) is 0 Å². The molecule has 0 spiro atoms. The number of rotatable bonds is 9. The highest BCUT2D eigenvalue weighted by Gasteiger charge is 2.17. The van der Waals surface area contributed by atoms with Crippen LogP contribution in [0.5, 0.6) is 11.5 Å². The molecule has 0 unspecified atom stereocenters. The van der Waals surface area contributed by atoms with Gasteiger partial charge in [0, 0.05) is 43.7 Å². The van der Waals surface area contributed by atoms with Crippen LogP contribution in [0.3, 0.4) is 0 Å². The number of nitrogens with zero attached hydrogens (tertiary/aromatic N) is 2. The number of ether oxygens (including phenoxy) is 2. The zero-order valence-electron chi connectivity index (χ0n) is 15.5. The maximum absolute atomic E-state index is 12.4. The fourth-order valence-corrected chi connectivity index (χ4v) is 3.20. The fourth-order valence-electron chi connectivity index (χ4n) is 2.39. The van der Waals surface area contributed by atoms with E-state index in [-0.39, 0.29) is 25.5 Å². The molecule has 0 bridgehead atoms. The smallest absolute Gasteiger partial charge is 0.251 e. The first-order valence-electron chi connectivity index (χ1n) is 8.19. The highest BCUT2D eigenvalue weighted by Crippen LogP contribution is 2.22. The topological polar surface area (TPSA) is 97.8 Å². The second-order valence-corrected chi connectivity index (χ2v) is 7.79. The lowest BCUT2D eigenvalue weighted by molar-refractivity contribution is 0.0950. The molecule has 146 valence electrons. The van der Waals surface area contributed by atoms with Crippen molar-refractivity contribution < 1.29 is 22.7 Å². The van der Waals surface area contributed by atoms with Crippen LogP contribution in [0.4, 0.5) is 0 Å². The number of hydrogen-bond acceptors (Lipinski definition) is 6. The van der Waals surface area contributed by atoms with Crippen LogP contribution in [0.25, 0.3) is 0 Å². The molecule has 0 radical (unpaired) electrons. The molecule has 2 aromatic rings. The molecule has 0 aliphatic rings. The number of hydrogen-bond donors (Lipinski definition) is 1. The second kappa shape index (κ2) is 9.33. The standard InChI is InChI=1S/C18H23N3O5S/c1-25-16-10-15(11-17(12-16)26-2)18(22)20-8-9-21(27(3,23)24)13-14-4-6-19-7-5-14/h4-7,10-12H,8-9,13H2,1-3H3,(H,20,22). The first-order valence-corrected chi connectivity index (χ1v) is 10.0. The molecule has 1 N–H and O–H groups in total. The van der Waals surface area contributed by atoms with Crippen molar-refractivity contribution in [2.45, 2.75) is 6.54 Å². The van der Waals surface area contributed by atoms with Crippen LogP contribution >= 0.6 is 0 Å². The lowest BCUT2D eigenvalue weighted by Crippen LogP contribution is -2.37. The van der Waals surface area contributed by atoms with Crippen LogP contribution in [-0.4, -0.2) is 57.2 Å². The molecule has 27 heavy (non-hydrogen) atoms. The van der Waals surface area contributed by atoms with Crippen LogP contribution in [0.1, 0.15) is 15.9 Å². The molecule has 1 aromatic carbocycles. The number of sulfonamides is 1. The van der Waals surface area contributed by atoms with E-state index in [9.17, 15) is 13.2 Å². The Morgan fingerprint density at radius 2 is 1.70 bits per heavy atom. The van der Waals surface area contributed by atoms with E-state index < -0.39 is 10.0 Å². The van der Waals surface area contributed by atoms with Crippen molar-refractivity contribution >= 4 is 15.9 Å². The van der Waals surface area contributed by atoms with E-state index in [1.165, 1.54) is 18.5 Å². The van der Waals surface area contributed by atoms with E-state index in [2.05, 4.69) is 10.3 Å². The van der Waals surface area contributed by atoms with Crippen LogP contribution < -0.4 is 14.8 Å². The maximum atomic E-state index is 12.4. The van der Waals surface area contributed by atoms with Crippen LogP contribution in [0, 0.1) is 0 Å². The largest absolute Gasteiger partial charge is 0.497 e. The number of methoxy groups -OCH3 is 2. The van der Waals surface area contributed by atoms with Gasteiger partial charge >= 0.3 is 0 Å². The number of aromatic nitrogens is 1. The minimum atomic E-state index is -3.43. The number of pyridine rings is 1. The van der Waals surface area contributed by atoms with E-state index >= 15 is 0 Å². The minimum Gasteiger partial charge on any atom is -0.497 e. The van der Waals surface area contributed by atoms with Crippen molar-refractivity contribution in [1.29, 1.82) is 0 Å². The molecule has 8 nitrogen and oxygen atoms in total. The molecule has 0 saturated carbocycles. The Kier molecular flexibility index (Phi) is 7.14. The van der Waals surface area contributed by atoms with Crippen molar-refractivity contribution in [3.8, 4) is 11.5 Å². The molecule has 1 amide bonds. The van der Waals surface area contributed by atoms with E-state index in [0.29, 0.717) is 17.1 Å². The van der Waals surface area contributed by atoms with Crippen LogP contribution in [-0.2, 0) is 16.6 Å². The summed E-state index contributed by atoms with van der Waals surface area (Å²) >= 11 is 0. The van der Waals surface area contributed by atoms with Gasteiger partial charge in [0.1, 0.15) is 11.5 Å². The summed E-state index contributed by atoms with van der Waals surface area (Å²) in [5.74, 6) is 0.648. The van der Waals surface area contributed by atoms with Gasteiger partial charge in [0.05, 0.1) is 20.5 Å². The Balaban J connectivity index is 2.01. The predicted octanol–water partition coefficient (Wildman–Crippen LogP) is 1.29. The fraction of sp³-hybridized carbons (Fsp3) is 0.333. The lowest BCUT2D eigenvalue weighted by Gasteiger charge is -2.20. The second-order valence-electron chi connectivity index (χ2n) is 5.81. The average Bonchev–Trinajstić information content (AvgIpc) is 2.66. The lowest BCUT2D eigenvalue weighted by atomic mass is 10.2. The van der Waals surface area contributed by atoms with E-state index in [0.717, 1.165) is 11.8 Å². The number of nitrogens with one attached hydrogen (secondary N) is 1. The Bertz CT molecular complexity index is 850. The Morgan fingerprint density at radius 3 is 2.22 bits per heavy atom. The van der Waals surface area contributed by atoms with E-state index in [1.54, 1.807) is 42.7 Å². The summed E-state index contributed by atoms with van der Waals surface area (Å²) in [6.45, 7) is 0.523. The molecule has 9 heteroatoms. The highest BCUT2D eigenvalue weighted by molar-refractivity contribution is 7.88. The first kappa shape index (κ1) is 20.7. The molecule has 0 atom stereocenters. The summed E-state index contributed by atoms with van der Waals surface area (Å²) in [6, 6.07) is 8.34. The third kappa shape index (κ3) is 6.22. The number of amides is 1. The highest BCUT2D eigenvalue weighted by atomic mass is 32.2. The summed E-state index contributed by atoms with van der Waals surface area (Å²) in [7, 11) is -0.426. The van der Waals surface area contributed by atoms with Gasteiger partial charge in [-0.05, 0) is 29.8 Å². The Labute approximate surface area is 159 Å². The third-order valence-corrected chi connectivity index (χ3v) is 5.09. The number of carbonyl (C=O) groups excluding carboxylic acids is 1. The summed E-state index contributed by atoms with van der Waals surface area (Å²) in [5.41, 5.74) is 1.19. The molecule has 2 rings (SSSR count). The first-order chi connectivity index (χ1) is 12.8. The minimum absolute atomic E-state index is 0.147. The summed E-state index contributed by atoms with van der Waals surface area (Å²) in [5, 5.41) is 2.72. The molecule has 0 aliphatic heterocycles. The Morgan fingerprint density at radius 1 is 1.11 bits per heavy atom. The molecule has 0 saturated heterocycles. The predicted molar refractivity (Wildman–Crippen MR) is 101 cm³/mol. The van der Waals surface area contributed by atoms with E-state index in [1.807, 2.05) is 0 Å². The zero-order valence-corrected chi connectivity index (χ0v) is 16.3. The summed E-state index contributed by atoms with van der Waals surface area (Å²) in [4.78, 5) is 16.3. The van der Waals surface area contributed by atoms with Gasteiger partial charge in [0.25, 0.3) is 5.91 Å². The van der Waals surface area contributed by atoms with Gasteiger partial charge in [-0.2, -0.15) is 4.31 Å². The SMILES string of the molecule is COc1cc(OC)cc(C(=O)NCCN(Cc2ccncc2)S(C)(=O)=O)c1. The van der Waals surface area contributed by atoms with Gasteiger partial charge in [-0.1, -0.05) is 0 Å². The maximum Gasteiger partial charge on any atom is 0.251 e. The molecule has 0 fully saturated rings. The average molecular weight is 393 g/mol. The summed E-state index contributed by atoms with van der Waals surface area (Å²) < 4.78 is 35.6. The monoisotopic (exact) mass is 393 g/mol. The van der Waals surface area contributed by atoms with Gasteiger partial charge in [0.2, 0.25) is 10.0 Å².